The zero-order chi connectivity index (χ0) is 13.2. The molecule has 0 spiro atoms. The molecule has 0 aliphatic carbocycles. The minimum Gasteiger partial charge on any atom is -0.388 e. The van der Waals surface area contributed by atoms with Gasteiger partial charge in [-0.3, -0.25) is 4.79 Å². The molecule has 0 radical (unpaired) electrons. The molecule has 1 heterocycles. The molecule has 0 aromatic heterocycles. The van der Waals surface area contributed by atoms with Crippen LogP contribution >= 0.6 is 15.9 Å². The van der Waals surface area contributed by atoms with Gasteiger partial charge in [0.05, 0.1) is 5.60 Å². The van der Waals surface area contributed by atoms with Gasteiger partial charge in [0.15, 0.2) is 0 Å². The molecule has 1 atom stereocenters. The first kappa shape index (κ1) is 13.3. The molecule has 1 saturated heterocycles. The molecule has 1 amide bonds. The van der Waals surface area contributed by atoms with Crippen LogP contribution in [-0.2, 0) is 4.79 Å². The second kappa shape index (κ2) is 5.24. The fourth-order valence-corrected chi connectivity index (χ4v) is 2.24. The summed E-state index contributed by atoms with van der Waals surface area (Å²) in [4.78, 5) is 13.6. The van der Waals surface area contributed by atoms with Gasteiger partial charge in [0.25, 0.3) is 0 Å². The maximum atomic E-state index is 11.9. The molecule has 1 unspecified atom stereocenters. The molecule has 96 valence electrons. The van der Waals surface area contributed by atoms with E-state index in [1.165, 1.54) is 0 Å². The molecule has 4 heteroatoms. The molecule has 0 bridgehead atoms. The standard InChI is InChI=1S/C14H16BrNO2/c1-14(18)8-9-16(10-14)13(17)7-4-11-2-5-12(15)6-3-11/h2-7,18H,8-10H2,1H3/b7-4+. The molecule has 1 fully saturated rings. The van der Waals surface area contributed by atoms with E-state index in [0.29, 0.717) is 19.5 Å². The van der Waals surface area contributed by atoms with Gasteiger partial charge in [-0.1, -0.05) is 28.1 Å². The summed E-state index contributed by atoms with van der Waals surface area (Å²) in [5, 5.41) is 9.81. The number of aliphatic hydroxyl groups is 1. The molecule has 1 aliphatic rings. The highest BCUT2D eigenvalue weighted by Gasteiger charge is 2.32. The number of carbonyl (C=O) groups is 1. The first-order valence-corrected chi connectivity index (χ1v) is 6.70. The van der Waals surface area contributed by atoms with Gasteiger partial charge in [-0.15, -0.1) is 0 Å². The van der Waals surface area contributed by atoms with Crippen molar-refractivity contribution in [3.8, 4) is 0 Å². The number of rotatable bonds is 2. The van der Waals surface area contributed by atoms with Crippen LogP contribution in [0.3, 0.4) is 0 Å². The number of amides is 1. The second-order valence-corrected chi connectivity index (χ2v) is 5.81. The molecule has 18 heavy (non-hydrogen) atoms. The summed E-state index contributed by atoms with van der Waals surface area (Å²) in [6.45, 7) is 2.80. The molecule has 1 aromatic rings. The Bertz CT molecular complexity index is 465. The molecule has 0 saturated carbocycles. The van der Waals surface area contributed by atoms with Gasteiger partial charge in [0, 0.05) is 23.6 Å². The molecular formula is C14H16BrNO2. The molecule has 2 rings (SSSR count). The Morgan fingerprint density at radius 3 is 2.67 bits per heavy atom. The number of carbonyl (C=O) groups excluding carboxylic acids is 1. The highest BCUT2D eigenvalue weighted by atomic mass is 79.9. The fourth-order valence-electron chi connectivity index (χ4n) is 1.98. The van der Waals surface area contributed by atoms with Crippen LogP contribution in [0.25, 0.3) is 6.08 Å². The van der Waals surface area contributed by atoms with Gasteiger partial charge in [-0.25, -0.2) is 0 Å². The van der Waals surface area contributed by atoms with E-state index in [9.17, 15) is 9.90 Å². The first-order chi connectivity index (χ1) is 8.46. The lowest BCUT2D eigenvalue weighted by Crippen LogP contribution is -2.32. The summed E-state index contributed by atoms with van der Waals surface area (Å²) in [6.07, 6.45) is 4.00. The third-order valence-corrected chi connectivity index (χ3v) is 3.58. The summed E-state index contributed by atoms with van der Waals surface area (Å²) in [5.41, 5.74) is 0.249. The van der Waals surface area contributed by atoms with Crippen LogP contribution in [0.15, 0.2) is 34.8 Å². The maximum Gasteiger partial charge on any atom is 0.246 e. The van der Waals surface area contributed by atoms with Gasteiger partial charge in [0.2, 0.25) is 5.91 Å². The van der Waals surface area contributed by atoms with Gasteiger partial charge >= 0.3 is 0 Å². The number of β-amino-alcohol motifs (C(OH)–C–C–N with tert-alkyl or cyclic N) is 1. The van der Waals surface area contributed by atoms with E-state index >= 15 is 0 Å². The Labute approximate surface area is 115 Å². The molecular weight excluding hydrogens is 294 g/mol. The van der Waals surface area contributed by atoms with Crippen LogP contribution in [0.5, 0.6) is 0 Å². The topological polar surface area (TPSA) is 40.5 Å². The van der Waals surface area contributed by atoms with Crippen molar-refractivity contribution >= 4 is 27.9 Å². The summed E-state index contributed by atoms with van der Waals surface area (Å²) in [5.74, 6) is -0.0457. The monoisotopic (exact) mass is 309 g/mol. The van der Waals surface area contributed by atoms with Crippen molar-refractivity contribution in [2.24, 2.45) is 0 Å². The van der Waals surface area contributed by atoms with Crippen LogP contribution in [0.1, 0.15) is 18.9 Å². The SMILES string of the molecule is CC1(O)CCN(C(=O)/C=C/c2ccc(Br)cc2)C1. The average molecular weight is 310 g/mol. The van der Waals surface area contributed by atoms with Crippen molar-refractivity contribution in [2.75, 3.05) is 13.1 Å². The number of benzene rings is 1. The van der Waals surface area contributed by atoms with E-state index in [4.69, 9.17) is 0 Å². The lowest BCUT2D eigenvalue weighted by molar-refractivity contribution is -0.125. The highest BCUT2D eigenvalue weighted by molar-refractivity contribution is 9.10. The average Bonchev–Trinajstić information content (AvgIpc) is 2.69. The van der Waals surface area contributed by atoms with Crippen molar-refractivity contribution in [1.82, 2.24) is 4.90 Å². The highest BCUT2D eigenvalue weighted by Crippen LogP contribution is 2.20. The van der Waals surface area contributed by atoms with E-state index in [0.717, 1.165) is 10.0 Å². The van der Waals surface area contributed by atoms with Crippen molar-refractivity contribution in [3.63, 3.8) is 0 Å². The number of hydrogen-bond donors (Lipinski definition) is 1. The largest absolute Gasteiger partial charge is 0.388 e. The Morgan fingerprint density at radius 1 is 1.44 bits per heavy atom. The number of hydrogen-bond acceptors (Lipinski definition) is 2. The van der Waals surface area contributed by atoms with E-state index in [2.05, 4.69) is 15.9 Å². The predicted octanol–water partition coefficient (Wildman–Crippen LogP) is 2.45. The van der Waals surface area contributed by atoms with Crippen LogP contribution in [0.2, 0.25) is 0 Å². The van der Waals surface area contributed by atoms with Gasteiger partial charge in [-0.05, 0) is 37.1 Å². The molecule has 1 aliphatic heterocycles. The third kappa shape index (κ3) is 3.43. The fraction of sp³-hybridized carbons (Fsp3) is 0.357. The zero-order valence-corrected chi connectivity index (χ0v) is 11.9. The Balaban J connectivity index is 1.97. The predicted molar refractivity (Wildman–Crippen MR) is 75.0 cm³/mol. The first-order valence-electron chi connectivity index (χ1n) is 5.91. The molecule has 1 N–H and O–H groups in total. The van der Waals surface area contributed by atoms with E-state index in [-0.39, 0.29) is 5.91 Å². The quantitative estimate of drug-likeness (QED) is 0.853. The van der Waals surface area contributed by atoms with E-state index in [1.807, 2.05) is 24.3 Å². The van der Waals surface area contributed by atoms with Crippen molar-refractivity contribution in [1.29, 1.82) is 0 Å². The number of nitrogens with zero attached hydrogens (tertiary/aromatic N) is 1. The third-order valence-electron chi connectivity index (χ3n) is 3.05. The van der Waals surface area contributed by atoms with E-state index < -0.39 is 5.60 Å². The van der Waals surface area contributed by atoms with Crippen LogP contribution < -0.4 is 0 Å². The maximum absolute atomic E-state index is 11.9. The summed E-state index contributed by atoms with van der Waals surface area (Å²) >= 11 is 3.36. The van der Waals surface area contributed by atoms with E-state index in [1.54, 1.807) is 24.0 Å². The number of halogens is 1. The van der Waals surface area contributed by atoms with Crippen LogP contribution in [-0.4, -0.2) is 34.6 Å². The van der Waals surface area contributed by atoms with Crippen molar-refractivity contribution < 1.29 is 9.90 Å². The minimum absolute atomic E-state index is 0.0457. The Hall–Kier alpha value is -1.13. The lowest BCUT2D eigenvalue weighted by Gasteiger charge is -2.17. The van der Waals surface area contributed by atoms with Crippen molar-refractivity contribution in [3.05, 3.63) is 40.4 Å². The van der Waals surface area contributed by atoms with Crippen molar-refractivity contribution in [2.45, 2.75) is 18.9 Å². The zero-order valence-electron chi connectivity index (χ0n) is 10.3. The Kier molecular flexibility index (Phi) is 3.88. The summed E-state index contributed by atoms with van der Waals surface area (Å²) in [6, 6.07) is 7.75. The lowest BCUT2D eigenvalue weighted by atomic mass is 10.1. The van der Waals surface area contributed by atoms with Gasteiger partial charge < -0.3 is 10.0 Å². The minimum atomic E-state index is -0.735. The smallest absolute Gasteiger partial charge is 0.246 e. The summed E-state index contributed by atoms with van der Waals surface area (Å²) < 4.78 is 1.02. The second-order valence-electron chi connectivity index (χ2n) is 4.89. The Morgan fingerprint density at radius 2 is 2.11 bits per heavy atom. The molecule has 1 aromatic carbocycles. The summed E-state index contributed by atoms with van der Waals surface area (Å²) in [7, 11) is 0. The van der Waals surface area contributed by atoms with Gasteiger partial charge in [0.1, 0.15) is 0 Å². The normalized spacial score (nSPS) is 23.8. The van der Waals surface area contributed by atoms with Gasteiger partial charge in [-0.2, -0.15) is 0 Å². The molecule has 3 nitrogen and oxygen atoms in total. The van der Waals surface area contributed by atoms with Crippen LogP contribution in [0.4, 0.5) is 0 Å². The number of likely N-dealkylation sites (tertiary alicyclic amines) is 1. The van der Waals surface area contributed by atoms with Crippen LogP contribution in [0, 0.1) is 0 Å².